The summed E-state index contributed by atoms with van der Waals surface area (Å²) < 4.78 is 6.84. The van der Waals surface area contributed by atoms with Crippen LogP contribution < -0.4 is 10.1 Å². The Morgan fingerprint density at radius 2 is 1.96 bits per heavy atom. The third-order valence-corrected chi connectivity index (χ3v) is 3.93. The Balaban J connectivity index is 1.65. The van der Waals surface area contributed by atoms with Gasteiger partial charge in [-0.05, 0) is 17.2 Å². The minimum absolute atomic E-state index is 0.120. The van der Waals surface area contributed by atoms with Gasteiger partial charge in [0, 0.05) is 18.7 Å². The molecular formula is C18H17N5O4. The number of non-ortho nitro benzene ring substituents is 1. The average Bonchev–Trinajstić information content (AvgIpc) is 3.19. The number of carbonyl (C=O) groups excluding carboxylic acids is 1. The molecule has 2 aromatic carbocycles. The number of carbonyl (C=O) groups is 1. The topological polar surface area (TPSA) is 112 Å². The molecule has 1 aromatic heterocycles. The maximum atomic E-state index is 12.4. The molecule has 0 unspecified atom stereocenters. The van der Waals surface area contributed by atoms with Crippen molar-refractivity contribution >= 4 is 11.6 Å². The highest BCUT2D eigenvalue weighted by molar-refractivity contribution is 5.97. The van der Waals surface area contributed by atoms with E-state index < -0.39 is 10.8 Å². The smallest absolute Gasteiger partial charge is 0.270 e. The van der Waals surface area contributed by atoms with E-state index in [2.05, 4.69) is 15.4 Å². The van der Waals surface area contributed by atoms with E-state index in [4.69, 9.17) is 4.74 Å². The fraction of sp³-hybridized carbons (Fsp3) is 0.167. The number of amides is 1. The average molecular weight is 367 g/mol. The van der Waals surface area contributed by atoms with Crippen LogP contribution in [0.5, 0.6) is 5.75 Å². The molecule has 9 nitrogen and oxygen atoms in total. The van der Waals surface area contributed by atoms with Gasteiger partial charge in [0.2, 0.25) is 0 Å². The van der Waals surface area contributed by atoms with Crippen LogP contribution in [0.4, 0.5) is 5.69 Å². The van der Waals surface area contributed by atoms with Crippen LogP contribution in [0, 0.1) is 10.1 Å². The fourth-order valence-corrected chi connectivity index (χ4v) is 2.53. The van der Waals surface area contributed by atoms with Gasteiger partial charge in [-0.1, -0.05) is 24.3 Å². The summed E-state index contributed by atoms with van der Waals surface area (Å²) in [6, 6.07) is 11.6. The molecule has 9 heteroatoms. The molecule has 1 amide bonds. The van der Waals surface area contributed by atoms with Crippen LogP contribution in [0.3, 0.4) is 0 Å². The van der Waals surface area contributed by atoms with E-state index in [-0.39, 0.29) is 23.5 Å². The van der Waals surface area contributed by atoms with E-state index in [1.165, 1.54) is 31.6 Å². The molecule has 0 saturated heterocycles. The molecular weight excluding hydrogens is 350 g/mol. The van der Waals surface area contributed by atoms with Gasteiger partial charge >= 0.3 is 0 Å². The second-order valence-electron chi connectivity index (χ2n) is 5.73. The number of rotatable bonds is 7. The Morgan fingerprint density at radius 3 is 2.59 bits per heavy atom. The molecule has 3 aromatic rings. The summed E-state index contributed by atoms with van der Waals surface area (Å²) in [5, 5.41) is 17.7. The van der Waals surface area contributed by atoms with E-state index in [1.807, 2.05) is 24.3 Å². The van der Waals surface area contributed by atoms with E-state index in [0.29, 0.717) is 6.54 Å². The van der Waals surface area contributed by atoms with Crippen LogP contribution in [-0.2, 0) is 13.1 Å². The van der Waals surface area contributed by atoms with E-state index in [9.17, 15) is 14.9 Å². The molecule has 0 saturated carbocycles. The van der Waals surface area contributed by atoms with E-state index >= 15 is 0 Å². The maximum absolute atomic E-state index is 12.4. The third-order valence-electron chi connectivity index (χ3n) is 3.93. The molecule has 0 fully saturated rings. The Hall–Kier alpha value is -3.75. The van der Waals surface area contributed by atoms with Gasteiger partial charge in [0.25, 0.3) is 11.6 Å². The predicted octanol–water partition coefficient (Wildman–Crippen LogP) is 2.17. The number of benzene rings is 2. The number of nitrogens with one attached hydrogen (secondary N) is 1. The molecule has 0 aliphatic heterocycles. The van der Waals surface area contributed by atoms with Crippen LogP contribution in [0.1, 0.15) is 21.5 Å². The van der Waals surface area contributed by atoms with Gasteiger partial charge in [0.05, 0.1) is 24.1 Å². The highest BCUT2D eigenvalue weighted by atomic mass is 16.6. The van der Waals surface area contributed by atoms with Crippen molar-refractivity contribution in [2.24, 2.45) is 0 Å². The standard InChI is InChI=1S/C18H17N5O4/c1-27-17-7-6-15(23(25)26)8-16(17)18(24)20-9-13-2-4-14(5-3-13)10-22-12-19-11-21-22/h2-8,11-12H,9-10H2,1H3,(H,20,24). The molecule has 1 N–H and O–H groups in total. The monoisotopic (exact) mass is 367 g/mol. The van der Waals surface area contributed by atoms with Crippen molar-refractivity contribution in [1.82, 2.24) is 20.1 Å². The molecule has 0 spiro atoms. The zero-order valence-electron chi connectivity index (χ0n) is 14.5. The molecule has 0 atom stereocenters. The molecule has 27 heavy (non-hydrogen) atoms. The summed E-state index contributed by atoms with van der Waals surface area (Å²) in [6.45, 7) is 0.895. The van der Waals surface area contributed by atoms with Gasteiger partial charge in [-0.25, -0.2) is 9.67 Å². The van der Waals surface area contributed by atoms with Crippen LogP contribution >= 0.6 is 0 Å². The summed E-state index contributed by atoms with van der Waals surface area (Å²) in [5.74, 6) is -0.163. The molecule has 3 rings (SSSR count). The van der Waals surface area contributed by atoms with Crippen LogP contribution in [0.15, 0.2) is 55.1 Å². The Kier molecular flexibility index (Phi) is 5.41. The largest absolute Gasteiger partial charge is 0.496 e. The van der Waals surface area contributed by atoms with Crippen molar-refractivity contribution in [3.63, 3.8) is 0 Å². The van der Waals surface area contributed by atoms with Crippen LogP contribution in [0.2, 0.25) is 0 Å². The highest BCUT2D eigenvalue weighted by Crippen LogP contribution is 2.24. The van der Waals surface area contributed by atoms with Crippen molar-refractivity contribution in [3.8, 4) is 5.75 Å². The number of hydrogen-bond acceptors (Lipinski definition) is 6. The number of nitrogens with zero attached hydrogens (tertiary/aromatic N) is 4. The quantitative estimate of drug-likeness (QED) is 0.506. The number of nitro groups is 1. The van der Waals surface area contributed by atoms with E-state index in [0.717, 1.165) is 11.1 Å². The number of ether oxygens (including phenoxy) is 1. The molecule has 0 bridgehead atoms. The number of methoxy groups -OCH3 is 1. The van der Waals surface area contributed by atoms with Gasteiger partial charge in [-0.2, -0.15) is 5.10 Å². The first-order chi connectivity index (χ1) is 13.1. The van der Waals surface area contributed by atoms with Gasteiger partial charge in [-0.15, -0.1) is 0 Å². The highest BCUT2D eigenvalue weighted by Gasteiger charge is 2.17. The summed E-state index contributed by atoms with van der Waals surface area (Å²) >= 11 is 0. The third kappa shape index (κ3) is 4.46. The van der Waals surface area contributed by atoms with Gasteiger partial charge in [0.15, 0.2) is 0 Å². The van der Waals surface area contributed by atoms with Crippen LogP contribution in [-0.4, -0.2) is 32.7 Å². The Bertz CT molecular complexity index is 939. The number of hydrogen-bond donors (Lipinski definition) is 1. The van der Waals surface area contributed by atoms with Crippen molar-refractivity contribution in [2.75, 3.05) is 7.11 Å². The summed E-state index contributed by atoms with van der Waals surface area (Å²) in [5.41, 5.74) is 1.90. The summed E-state index contributed by atoms with van der Waals surface area (Å²) in [6.07, 6.45) is 3.12. The minimum Gasteiger partial charge on any atom is -0.496 e. The summed E-state index contributed by atoms with van der Waals surface area (Å²) in [7, 11) is 1.41. The Labute approximate surface area is 154 Å². The number of aromatic nitrogens is 3. The zero-order chi connectivity index (χ0) is 19.2. The lowest BCUT2D eigenvalue weighted by Gasteiger charge is -2.10. The molecule has 0 aliphatic rings. The second kappa shape index (κ2) is 8.09. The van der Waals surface area contributed by atoms with Gasteiger partial charge < -0.3 is 10.1 Å². The van der Waals surface area contributed by atoms with Crippen molar-refractivity contribution in [3.05, 3.63) is 81.9 Å². The normalized spacial score (nSPS) is 10.4. The van der Waals surface area contributed by atoms with Crippen LogP contribution in [0.25, 0.3) is 0 Å². The van der Waals surface area contributed by atoms with Gasteiger partial charge in [-0.3, -0.25) is 14.9 Å². The van der Waals surface area contributed by atoms with Crippen molar-refractivity contribution < 1.29 is 14.5 Å². The number of nitro benzene ring substituents is 1. The second-order valence-corrected chi connectivity index (χ2v) is 5.73. The molecule has 138 valence electrons. The maximum Gasteiger partial charge on any atom is 0.270 e. The predicted molar refractivity (Wildman–Crippen MR) is 96.4 cm³/mol. The first kappa shape index (κ1) is 18.1. The lowest BCUT2D eigenvalue weighted by Crippen LogP contribution is -2.23. The fourth-order valence-electron chi connectivity index (χ4n) is 2.53. The minimum atomic E-state index is -0.552. The zero-order valence-corrected chi connectivity index (χ0v) is 14.5. The van der Waals surface area contributed by atoms with E-state index in [1.54, 1.807) is 11.0 Å². The summed E-state index contributed by atoms with van der Waals surface area (Å²) in [4.78, 5) is 26.7. The molecule has 1 heterocycles. The Morgan fingerprint density at radius 1 is 1.22 bits per heavy atom. The first-order valence-electron chi connectivity index (χ1n) is 8.07. The van der Waals surface area contributed by atoms with Gasteiger partial charge in [0.1, 0.15) is 18.4 Å². The lowest BCUT2D eigenvalue weighted by atomic mass is 10.1. The van der Waals surface area contributed by atoms with Crippen molar-refractivity contribution in [1.29, 1.82) is 0 Å². The van der Waals surface area contributed by atoms with Crippen molar-refractivity contribution in [2.45, 2.75) is 13.1 Å². The molecule has 0 radical (unpaired) electrons. The SMILES string of the molecule is COc1ccc([N+](=O)[O-])cc1C(=O)NCc1ccc(Cn2cncn2)cc1. The molecule has 0 aliphatic carbocycles. The first-order valence-corrected chi connectivity index (χ1v) is 8.07. The lowest BCUT2D eigenvalue weighted by molar-refractivity contribution is -0.384.